The second-order valence-corrected chi connectivity index (χ2v) is 9.06. The molecule has 5 nitrogen and oxygen atoms in total. The van der Waals surface area contributed by atoms with Crippen molar-refractivity contribution < 1.29 is 19.1 Å². The molecule has 5 heteroatoms. The Bertz CT molecular complexity index is 1100. The molecule has 1 aliphatic heterocycles. The third kappa shape index (κ3) is 4.84. The normalized spacial score (nSPS) is 22.1. The second-order valence-electron chi connectivity index (χ2n) is 9.06. The molecule has 0 saturated heterocycles. The number of benzene rings is 2. The van der Waals surface area contributed by atoms with E-state index in [1.54, 1.807) is 0 Å². The fraction of sp³-hybridized carbons (Fsp3) is 0.414. The fourth-order valence-corrected chi connectivity index (χ4v) is 5.09. The van der Waals surface area contributed by atoms with Gasteiger partial charge in [-0.25, -0.2) is 4.79 Å². The van der Waals surface area contributed by atoms with Crippen LogP contribution in [0.5, 0.6) is 5.75 Å². The van der Waals surface area contributed by atoms with E-state index in [0.29, 0.717) is 43.1 Å². The summed E-state index contributed by atoms with van der Waals surface area (Å²) in [7, 11) is 0. The highest BCUT2D eigenvalue weighted by Crippen LogP contribution is 2.48. The van der Waals surface area contributed by atoms with Gasteiger partial charge in [0.25, 0.3) is 0 Å². The van der Waals surface area contributed by atoms with Crippen LogP contribution in [0.4, 0.5) is 0 Å². The number of carbonyl (C=O) groups is 2. The van der Waals surface area contributed by atoms with E-state index in [1.807, 2.05) is 56.3 Å². The SMILES string of the molecule is CCCOC(=O)C1=C(C)N=C2C[C@@H](c3ccccc3)CC(=O)C2[C@@H]1c1ccccc1OCCC. The summed E-state index contributed by atoms with van der Waals surface area (Å²) in [6.45, 7) is 6.77. The second kappa shape index (κ2) is 10.8. The van der Waals surface area contributed by atoms with Gasteiger partial charge in [0.1, 0.15) is 11.5 Å². The third-order valence-corrected chi connectivity index (χ3v) is 6.60. The van der Waals surface area contributed by atoms with Gasteiger partial charge in [-0.2, -0.15) is 0 Å². The maximum atomic E-state index is 13.7. The Morgan fingerprint density at radius 1 is 0.941 bits per heavy atom. The molecule has 1 heterocycles. The fourth-order valence-electron chi connectivity index (χ4n) is 5.09. The number of ketones is 1. The number of para-hydroxylation sites is 1. The van der Waals surface area contributed by atoms with Crippen molar-refractivity contribution in [3.8, 4) is 5.75 Å². The smallest absolute Gasteiger partial charge is 0.336 e. The molecule has 0 radical (unpaired) electrons. The Labute approximate surface area is 201 Å². The highest BCUT2D eigenvalue weighted by Gasteiger charge is 2.46. The summed E-state index contributed by atoms with van der Waals surface area (Å²) in [6.07, 6.45) is 2.73. The van der Waals surface area contributed by atoms with Crippen molar-refractivity contribution in [2.75, 3.05) is 13.2 Å². The maximum Gasteiger partial charge on any atom is 0.336 e. The summed E-state index contributed by atoms with van der Waals surface area (Å²) in [6, 6.07) is 17.9. The zero-order valence-electron chi connectivity index (χ0n) is 20.3. The monoisotopic (exact) mass is 459 g/mol. The van der Waals surface area contributed by atoms with Crippen molar-refractivity contribution in [2.45, 2.75) is 58.3 Å². The highest BCUT2D eigenvalue weighted by molar-refractivity contribution is 6.12. The predicted molar refractivity (Wildman–Crippen MR) is 133 cm³/mol. The first-order valence-electron chi connectivity index (χ1n) is 12.3. The number of esters is 1. The quantitative estimate of drug-likeness (QED) is 0.454. The van der Waals surface area contributed by atoms with Crippen LogP contribution in [-0.4, -0.2) is 30.7 Å². The number of hydrogen-bond acceptors (Lipinski definition) is 5. The molecule has 4 rings (SSSR count). The van der Waals surface area contributed by atoms with Crippen molar-refractivity contribution in [3.63, 3.8) is 0 Å². The van der Waals surface area contributed by atoms with Crippen LogP contribution in [-0.2, 0) is 14.3 Å². The Morgan fingerprint density at radius 3 is 2.38 bits per heavy atom. The van der Waals surface area contributed by atoms with Gasteiger partial charge in [-0.05, 0) is 43.7 Å². The van der Waals surface area contributed by atoms with Gasteiger partial charge in [-0.3, -0.25) is 9.79 Å². The van der Waals surface area contributed by atoms with E-state index in [-0.39, 0.29) is 11.7 Å². The first-order chi connectivity index (χ1) is 16.5. The molecule has 1 unspecified atom stereocenters. The first kappa shape index (κ1) is 23.9. The molecule has 1 aliphatic carbocycles. The number of fused-ring (bicyclic) bond motifs is 1. The lowest BCUT2D eigenvalue weighted by Gasteiger charge is -2.38. The number of Topliss-reactive ketones (excluding diaryl/α,β-unsaturated/α-hetero) is 1. The molecular formula is C29H33NO4. The van der Waals surface area contributed by atoms with E-state index in [1.165, 1.54) is 0 Å². The number of carbonyl (C=O) groups excluding carboxylic acids is 2. The van der Waals surface area contributed by atoms with Gasteiger partial charge in [-0.15, -0.1) is 0 Å². The number of ether oxygens (including phenoxy) is 2. The predicted octanol–water partition coefficient (Wildman–Crippen LogP) is 6.00. The lowest BCUT2D eigenvalue weighted by Crippen LogP contribution is -2.41. The summed E-state index contributed by atoms with van der Waals surface area (Å²) in [5.74, 6) is -0.425. The lowest BCUT2D eigenvalue weighted by molar-refractivity contribution is -0.139. The van der Waals surface area contributed by atoms with Crippen LogP contribution in [0.2, 0.25) is 0 Å². The number of aliphatic imine (C=N–C) groups is 1. The molecule has 0 spiro atoms. The van der Waals surface area contributed by atoms with E-state index in [4.69, 9.17) is 14.5 Å². The molecule has 2 aliphatic rings. The standard InChI is InChI=1S/C29H33NO4/c1-4-15-33-25-14-10-9-13-22(25)27-26(29(32)34-16-5-2)19(3)30-23-17-21(18-24(31)28(23)27)20-11-7-6-8-12-20/h6-14,21,27-28H,4-5,15-18H2,1-3H3/t21-,27-,28?/m1/s1. The van der Waals surface area contributed by atoms with Gasteiger partial charge < -0.3 is 9.47 Å². The van der Waals surface area contributed by atoms with E-state index >= 15 is 0 Å². The molecule has 1 saturated carbocycles. The highest BCUT2D eigenvalue weighted by atomic mass is 16.5. The molecule has 2 aromatic rings. The van der Waals surface area contributed by atoms with Crippen LogP contribution in [0.1, 0.15) is 69.4 Å². The van der Waals surface area contributed by atoms with E-state index in [2.05, 4.69) is 19.1 Å². The van der Waals surface area contributed by atoms with Crippen molar-refractivity contribution in [1.82, 2.24) is 0 Å². The van der Waals surface area contributed by atoms with E-state index in [0.717, 1.165) is 29.7 Å². The molecule has 0 amide bonds. The molecule has 3 atom stereocenters. The number of hydrogen-bond donors (Lipinski definition) is 0. The molecule has 0 aromatic heterocycles. The van der Waals surface area contributed by atoms with Crippen molar-refractivity contribution in [3.05, 3.63) is 77.0 Å². The summed E-state index contributed by atoms with van der Waals surface area (Å²) in [5.41, 5.74) is 3.95. The Morgan fingerprint density at radius 2 is 1.65 bits per heavy atom. The maximum absolute atomic E-state index is 13.7. The van der Waals surface area contributed by atoms with Crippen LogP contribution in [0, 0.1) is 5.92 Å². The van der Waals surface area contributed by atoms with Crippen LogP contribution in [0.15, 0.2) is 70.9 Å². The zero-order chi connectivity index (χ0) is 24.1. The summed E-state index contributed by atoms with van der Waals surface area (Å²) in [5, 5.41) is 0. The Kier molecular flexibility index (Phi) is 7.61. The molecule has 1 fully saturated rings. The van der Waals surface area contributed by atoms with Gasteiger partial charge >= 0.3 is 5.97 Å². The van der Waals surface area contributed by atoms with Crippen molar-refractivity contribution >= 4 is 17.5 Å². The zero-order valence-corrected chi connectivity index (χ0v) is 20.3. The molecule has 0 N–H and O–H groups in total. The van der Waals surface area contributed by atoms with Crippen LogP contribution < -0.4 is 4.74 Å². The molecule has 178 valence electrons. The van der Waals surface area contributed by atoms with Crippen LogP contribution in [0.3, 0.4) is 0 Å². The van der Waals surface area contributed by atoms with Crippen molar-refractivity contribution in [2.24, 2.45) is 10.9 Å². The lowest BCUT2D eigenvalue weighted by atomic mass is 9.66. The largest absolute Gasteiger partial charge is 0.493 e. The van der Waals surface area contributed by atoms with Crippen LogP contribution in [0.25, 0.3) is 0 Å². The van der Waals surface area contributed by atoms with Crippen LogP contribution >= 0.6 is 0 Å². The van der Waals surface area contributed by atoms with E-state index < -0.39 is 17.8 Å². The minimum atomic E-state index is -0.487. The van der Waals surface area contributed by atoms with E-state index in [9.17, 15) is 9.59 Å². The summed E-state index contributed by atoms with van der Waals surface area (Å²) in [4.78, 5) is 31.8. The van der Waals surface area contributed by atoms with Gasteiger partial charge in [0.2, 0.25) is 0 Å². The third-order valence-electron chi connectivity index (χ3n) is 6.60. The minimum Gasteiger partial charge on any atom is -0.493 e. The van der Waals surface area contributed by atoms with Gasteiger partial charge in [0.15, 0.2) is 0 Å². The number of rotatable bonds is 8. The Balaban J connectivity index is 1.80. The van der Waals surface area contributed by atoms with Gasteiger partial charge in [-0.1, -0.05) is 62.4 Å². The first-order valence-corrected chi connectivity index (χ1v) is 12.3. The topological polar surface area (TPSA) is 65.0 Å². The number of allylic oxidation sites excluding steroid dienone is 1. The number of nitrogens with zero attached hydrogens (tertiary/aromatic N) is 1. The van der Waals surface area contributed by atoms with Crippen molar-refractivity contribution in [1.29, 1.82) is 0 Å². The average molecular weight is 460 g/mol. The molecular weight excluding hydrogens is 426 g/mol. The summed E-state index contributed by atoms with van der Waals surface area (Å²) >= 11 is 0. The minimum absolute atomic E-state index is 0.0947. The van der Waals surface area contributed by atoms with Gasteiger partial charge in [0.05, 0.1) is 24.7 Å². The molecule has 2 aromatic carbocycles. The average Bonchev–Trinajstić information content (AvgIpc) is 2.85. The molecule has 0 bridgehead atoms. The summed E-state index contributed by atoms with van der Waals surface area (Å²) < 4.78 is 11.6. The molecule has 34 heavy (non-hydrogen) atoms. The Hall–Kier alpha value is -3.21. The van der Waals surface area contributed by atoms with Gasteiger partial charge in [0, 0.05) is 29.3 Å².